The zero-order valence-electron chi connectivity index (χ0n) is 17.5. The summed E-state index contributed by atoms with van der Waals surface area (Å²) in [5.41, 5.74) is 2.21. The molecule has 0 fully saturated rings. The van der Waals surface area contributed by atoms with Gasteiger partial charge in [-0.1, -0.05) is 54.6 Å². The third kappa shape index (κ3) is 6.42. The summed E-state index contributed by atoms with van der Waals surface area (Å²) >= 11 is 0. The smallest absolute Gasteiger partial charge is 0.259 e. The molecule has 2 N–H and O–H groups in total. The molecule has 31 heavy (non-hydrogen) atoms. The maximum atomic E-state index is 12.9. The standard InChI is InChI=1S/C25H26N2O4/c1-2-30-16-17-31-23-15-9-7-13-21(23)25(29)27-22-14-8-6-12-20(22)24(28)26-18-19-10-4-3-5-11-19/h3-15H,2,16-18H2,1H3,(H,26,28)(H,27,29). The second-order valence-electron chi connectivity index (χ2n) is 6.71. The molecular weight excluding hydrogens is 392 g/mol. The number of carbonyl (C=O) groups is 2. The predicted molar refractivity (Wildman–Crippen MR) is 120 cm³/mol. The first-order chi connectivity index (χ1) is 15.2. The van der Waals surface area contributed by atoms with Crippen molar-refractivity contribution in [2.75, 3.05) is 25.1 Å². The highest BCUT2D eigenvalue weighted by Crippen LogP contribution is 2.22. The minimum atomic E-state index is -0.352. The van der Waals surface area contributed by atoms with Crippen molar-refractivity contribution in [2.45, 2.75) is 13.5 Å². The number of anilines is 1. The monoisotopic (exact) mass is 418 g/mol. The van der Waals surface area contributed by atoms with E-state index in [-0.39, 0.29) is 11.8 Å². The number of carbonyl (C=O) groups excluding carboxylic acids is 2. The van der Waals surface area contributed by atoms with E-state index in [1.165, 1.54) is 0 Å². The maximum absolute atomic E-state index is 12.9. The van der Waals surface area contributed by atoms with Gasteiger partial charge < -0.3 is 20.1 Å². The van der Waals surface area contributed by atoms with E-state index in [1.807, 2.05) is 37.3 Å². The fourth-order valence-electron chi connectivity index (χ4n) is 2.99. The van der Waals surface area contributed by atoms with Gasteiger partial charge in [0.2, 0.25) is 0 Å². The molecule has 160 valence electrons. The molecule has 6 nitrogen and oxygen atoms in total. The van der Waals surface area contributed by atoms with Crippen LogP contribution in [0.25, 0.3) is 0 Å². The SMILES string of the molecule is CCOCCOc1ccccc1C(=O)Nc1ccccc1C(=O)NCc1ccccc1. The summed E-state index contributed by atoms with van der Waals surface area (Å²) in [6.45, 7) is 3.70. The average Bonchev–Trinajstić information content (AvgIpc) is 2.81. The number of amides is 2. The van der Waals surface area contributed by atoms with Crippen molar-refractivity contribution >= 4 is 17.5 Å². The molecule has 0 radical (unpaired) electrons. The Morgan fingerprint density at radius 2 is 1.45 bits per heavy atom. The van der Waals surface area contributed by atoms with Gasteiger partial charge in [0.1, 0.15) is 12.4 Å². The van der Waals surface area contributed by atoms with Crippen LogP contribution in [0.15, 0.2) is 78.9 Å². The zero-order chi connectivity index (χ0) is 21.9. The first-order valence-electron chi connectivity index (χ1n) is 10.2. The van der Waals surface area contributed by atoms with Crippen molar-refractivity contribution in [3.05, 3.63) is 95.6 Å². The summed E-state index contributed by atoms with van der Waals surface area (Å²) < 4.78 is 11.0. The molecule has 2 amide bonds. The predicted octanol–water partition coefficient (Wildman–Crippen LogP) is 4.28. The molecule has 0 atom stereocenters. The van der Waals surface area contributed by atoms with Crippen LogP contribution in [0.2, 0.25) is 0 Å². The summed E-state index contributed by atoms with van der Waals surface area (Å²) in [6, 6.07) is 23.6. The summed E-state index contributed by atoms with van der Waals surface area (Å²) in [5, 5.41) is 5.73. The Morgan fingerprint density at radius 3 is 2.23 bits per heavy atom. The van der Waals surface area contributed by atoms with Crippen molar-refractivity contribution in [2.24, 2.45) is 0 Å². The van der Waals surface area contributed by atoms with Gasteiger partial charge in [0.25, 0.3) is 11.8 Å². The van der Waals surface area contributed by atoms with Gasteiger partial charge in [-0.15, -0.1) is 0 Å². The van der Waals surface area contributed by atoms with Gasteiger partial charge in [0.15, 0.2) is 0 Å². The van der Waals surface area contributed by atoms with E-state index in [9.17, 15) is 9.59 Å². The lowest BCUT2D eigenvalue weighted by molar-refractivity contribution is 0.0951. The van der Waals surface area contributed by atoms with E-state index in [4.69, 9.17) is 9.47 Å². The fraction of sp³-hybridized carbons (Fsp3) is 0.200. The highest BCUT2D eigenvalue weighted by Gasteiger charge is 2.16. The van der Waals surface area contributed by atoms with E-state index in [2.05, 4.69) is 10.6 Å². The van der Waals surface area contributed by atoms with E-state index >= 15 is 0 Å². The highest BCUT2D eigenvalue weighted by atomic mass is 16.5. The van der Waals surface area contributed by atoms with Crippen molar-refractivity contribution < 1.29 is 19.1 Å². The molecule has 0 aliphatic rings. The fourth-order valence-corrected chi connectivity index (χ4v) is 2.99. The minimum Gasteiger partial charge on any atom is -0.490 e. The van der Waals surface area contributed by atoms with Crippen molar-refractivity contribution in [1.82, 2.24) is 5.32 Å². The van der Waals surface area contributed by atoms with Crippen LogP contribution in [0.3, 0.4) is 0 Å². The Kier molecular flexibility index (Phi) is 8.20. The molecule has 3 aromatic rings. The summed E-state index contributed by atoms with van der Waals surface area (Å²) in [5.74, 6) is -0.151. The number of nitrogens with one attached hydrogen (secondary N) is 2. The first-order valence-corrected chi connectivity index (χ1v) is 10.2. The van der Waals surface area contributed by atoms with Crippen LogP contribution < -0.4 is 15.4 Å². The Morgan fingerprint density at radius 1 is 0.774 bits per heavy atom. The Balaban J connectivity index is 1.69. The van der Waals surface area contributed by atoms with Gasteiger partial charge >= 0.3 is 0 Å². The van der Waals surface area contributed by atoms with Crippen molar-refractivity contribution in [3.8, 4) is 5.75 Å². The van der Waals surface area contributed by atoms with Gasteiger partial charge in [0, 0.05) is 13.2 Å². The Hall–Kier alpha value is -3.64. The van der Waals surface area contributed by atoms with Gasteiger partial charge in [-0.05, 0) is 36.8 Å². The van der Waals surface area contributed by atoms with Crippen molar-refractivity contribution in [1.29, 1.82) is 0 Å². The summed E-state index contributed by atoms with van der Waals surface area (Å²) in [7, 11) is 0. The highest BCUT2D eigenvalue weighted by molar-refractivity contribution is 6.10. The number of hydrogen-bond acceptors (Lipinski definition) is 4. The van der Waals surface area contributed by atoms with Gasteiger partial charge in [0.05, 0.1) is 23.4 Å². The first kappa shape index (κ1) is 22.1. The zero-order valence-corrected chi connectivity index (χ0v) is 17.5. The quantitative estimate of drug-likeness (QED) is 0.482. The van der Waals surface area contributed by atoms with E-state index in [0.29, 0.717) is 48.9 Å². The molecule has 3 rings (SSSR count). The van der Waals surface area contributed by atoms with Crippen LogP contribution in [0, 0.1) is 0 Å². The largest absolute Gasteiger partial charge is 0.490 e. The molecule has 3 aromatic carbocycles. The number of para-hydroxylation sites is 2. The number of ether oxygens (including phenoxy) is 2. The number of benzene rings is 3. The topological polar surface area (TPSA) is 76.7 Å². The summed E-state index contributed by atoms with van der Waals surface area (Å²) in [6.07, 6.45) is 0. The van der Waals surface area contributed by atoms with Crippen molar-refractivity contribution in [3.63, 3.8) is 0 Å². The van der Waals surface area contributed by atoms with Gasteiger partial charge in [-0.3, -0.25) is 9.59 Å². The van der Waals surface area contributed by atoms with Crippen LogP contribution in [-0.4, -0.2) is 31.6 Å². The second kappa shape index (κ2) is 11.5. The summed E-state index contributed by atoms with van der Waals surface area (Å²) in [4.78, 5) is 25.6. The van der Waals surface area contributed by atoms with Gasteiger partial charge in [-0.25, -0.2) is 0 Å². The lowest BCUT2D eigenvalue weighted by atomic mass is 10.1. The van der Waals surface area contributed by atoms with Crippen LogP contribution >= 0.6 is 0 Å². The number of hydrogen-bond donors (Lipinski definition) is 2. The molecule has 0 unspecified atom stereocenters. The number of rotatable bonds is 10. The van der Waals surface area contributed by atoms with Crippen LogP contribution in [0.5, 0.6) is 5.75 Å². The molecule has 0 heterocycles. The van der Waals surface area contributed by atoms with E-state index in [0.717, 1.165) is 5.56 Å². The van der Waals surface area contributed by atoms with E-state index in [1.54, 1.807) is 48.5 Å². The van der Waals surface area contributed by atoms with E-state index < -0.39 is 0 Å². The maximum Gasteiger partial charge on any atom is 0.259 e. The Bertz CT molecular complexity index is 1010. The molecule has 0 aliphatic heterocycles. The van der Waals surface area contributed by atoms with Crippen LogP contribution in [0.4, 0.5) is 5.69 Å². The normalized spacial score (nSPS) is 10.4. The minimum absolute atomic E-state index is 0.263. The second-order valence-corrected chi connectivity index (χ2v) is 6.71. The third-order valence-corrected chi connectivity index (χ3v) is 4.54. The van der Waals surface area contributed by atoms with Crippen LogP contribution in [-0.2, 0) is 11.3 Å². The molecule has 0 aromatic heterocycles. The molecule has 6 heteroatoms. The Labute approximate surface area is 182 Å². The van der Waals surface area contributed by atoms with Crippen LogP contribution in [0.1, 0.15) is 33.2 Å². The molecule has 0 aliphatic carbocycles. The molecule has 0 spiro atoms. The third-order valence-electron chi connectivity index (χ3n) is 4.54. The molecule has 0 saturated heterocycles. The lowest BCUT2D eigenvalue weighted by Crippen LogP contribution is -2.25. The lowest BCUT2D eigenvalue weighted by Gasteiger charge is -2.14. The van der Waals surface area contributed by atoms with Gasteiger partial charge in [-0.2, -0.15) is 0 Å². The molecule has 0 saturated carbocycles. The average molecular weight is 418 g/mol. The molecular formula is C25H26N2O4. The molecule has 0 bridgehead atoms.